The van der Waals surface area contributed by atoms with Gasteiger partial charge >= 0.3 is 12.3 Å². The van der Waals surface area contributed by atoms with Crippen LogP contribution in [0.4, 0.5) is 13.2 Å². The third-order valence-corrected chi connectivity index (χ3v) is 9.77. The number of carbonyl (C=O) groups is 5. The summed E-state index contributed by atoms with van der Waals surface area (Å²) in [5, 5.41) is 22.5. The van der Waals surface area contributed by atoms with E-state index in [0.29, 0.717) is 6.42 Å². The predicted octanol–water partition coefficient (Wildman–Crippen LogP) is 5.55. The minimum absolute atomic E-state index is 0.0350. The van der Waals surface area contributed by atoms with Gasteiger partial charge in [-0.25, -0.2) is 4.79 Å². The Labute approximate surface area is 344 Å². The summed E-state index contributed by atoms with van der Waals surface area (Å²) in [6, 6.07) is 19.2. The lowest BCUT2D eigenvalue weighted by Crippen LogP contribution is -2.56. The van der Waals surface area contributed by atoms with E-state index in [-0.39, 0.29) is 49.7 Å². The zero-order valence-electron chi connectivity index (χ0n) is 34.4. The van der Waals surface area contributed by atoms with E-state index >= 15 is 0 Å². The number of alkyl halides is 3. The fourth-order valence-electron chi connectivity index (χ4n) is 6.21. The highest BCUT2D eigenvalue weighted by Gasteiger charge is 2.34. The molecule has 4 amide bonds. The van der Waals surface area contributed by atoms with Gasteiger partial charge in [0.15, 0.2) is 0 Å². The topological polar surface area (TPSA) is 172 Å². The molecule has 0 saturated carbocycles. The lowest BCUT2D eigenvalue weighted by atomic mass is 9.95. The highest BCUT2D eigenvalue weighted by molar-refractivity contribution is 5.91. The number of hydrogen-bond donors (Lipinski definition) is 5. The summed E-state index contributed by atoms with van der Waals surface area (Å²) in [6.07, 6.45) is -6.09. The molecular weight excluding hydrogens is 769 g/mol. The summed E-state index contributed by atoms with van der Waals surface area (Å²) < 4.78 is 47.6. The van der Waals surface area contributed by atoms with E-state index < -0.39 is 77.9 Å². The first-order valence-electron chi connectivity index (χ1n) is 19.8. The number of amides is 4. The number of rotatable bonds is 22. The van der Waals surface area contributed by atoms with Gasteiger partial charge in [-0.3, -0.25) is 19.2 Å². The van der Waals surface area contributed by atoms with Crippen molar-refractivity contribution in [3.8, 4) is 5.75 Å². The van der Waals surface area contributed by atoms with E-state index in [4.69, 9.17) is 4.74 Å². The van der Waals surface area contributed by atoms with Crippen LogP contribution in [0, 0.1) is 17.8 Å². The summed E-state index contributed by atoms with van der Waals surface area (Å²) in [5.41, 5.74) is 1.81. The standard InChI is InChI=1S/C44H57F3N4O8/c1-7-29(6)40(42(56)51-39(28(4)5)43(57)58-26-31-17-12-9-13-18-31)49-36(53)22-21-35(52)34(24-30-15-10-8-11-16-30)48-41(55)38(27(2)3)50-37(54)25-32-19-14-20-33(23-32)59-44(45,46)47/h8-20,23,27-29,34-35,38-40,52H,7,21-22,24-26H2,1-6H3,(H,48,55)(H,49,53)(H,50,54)(H,51,56)/t29-,34-,35-,38-,39-,40-/m0/s1. The van der Waals surface area contributed by atoms with Crippen LogP contribution in [0.5, 0.6) is 5.75 Å². The Morgan fingerprint density at radius 1 is 0.678 bits per heavy atom. The molecule has 5 N–H and O–H groups in total. The van der Waals surface area contributed by atoms with Gasteiger partial charge < -0.3 is 35.8 Å². The normalized spacial score (nSPS) is 14.6. The van der Waals surface area contributed by atoms with Crippen LogP contribution in [0.25, 0.3) is 0 Å². The maximum Gasteiger partial charge on any atom is 0.573 e. The van der Waals surface area contributed by atoms with E-state index in [1.54, 1.807) is 46.8 Å². The van der Waals surface area contributed by atoms with Crippen LogP contribution >= 0.6 is 0 Å². The minimum Gasteiger partial charge on any atom is -0.459 e. The second-order valence-electron chi connectivity index (χ2n) is 15.3. The highest BCUT2D eigenvalue weighted by Crippen LogP contribution is 2.24. The molecule has 59 heavy (non-hydrogen) atoms. The number of nitrogens with one attached hydrogen (secondary N) is 4. The number of hydrogen-bond acceptors (Lipinski definition) is 8. The molecule has 12 nitrogen and oxygen atoms in total. The molecule has 0 aliphatic carbocycles. The lowest BCUT2D eigenvalue weighted by molar-refractivity contribution is -0.274. The Bertz CT molecular complexity index is 1810. The van der Waals surface area contributed by atoms with E-state index in [9.17, 15) is 42.3 Å². The second kappa shape index (κ2) is 23.2. The van der Waals surface area contributed by atoms with Crippen molar-refractivity contribution in [2.75, 3.05) is 0 Å². The highest BCUT2D eigenvalue weighted by atomic mass is 19.4. The van der Waals surface area contributed by atoms with Gasteiger partial charge in [0.05, 0.1) is 18.6 Å². The molecule has 0 unspecified atom stereocenters. The monoisotopic (exact) mass is 826 g/mol. The lowest BCUT2D eigenvalue weighted by Gasteiger charge is -2.29. The molecule has 3 aromatic rings. The van der Waals surface area contributed by atoms with Crippen LogP contribution < -0.4 is 26.0 Å². The Hall–Kier alpha value is -5.44. The first-order valence-corrected chi connectivity index (χ1v) is 19.8. The van der Waals surface area contributed by atoms with Gasteiger partial charge in [0.25, 0.3) is 0 Å². The van der Waals surface area contributed by atoms with Crippen molar-refractivity contribution in [1.82, 2.24) is 21.3 Å². The maximum atomic E-state index is 13.7. The molecule has 0 spiro atoms. The van der Waals surface area contributed by atoms with E-state index in [2.05, 4.69) is 26.0 Å². The van der Waals surface area contributed by atoms with Gasteiger partial charge in [-0.1, -0.05) is 121 Å². The van der Waals surface area contributed by atoms with Crippen LogP contribution in [0.15, 0.2) is 84.9 Å². The molecule has 6 atom stereocenters. The average molecular weight is 827 g/mol. The van der Waals surface area contributed by atoms with Crippen molar-refractivity contribution >= 4 is 29.6 Å². The Morgan fingerprint density at radius 3 is 1.81 bits per heavy atom. The predicted molar refractivity (Wildman–Crippen MR) is 215 cm³/mol. The van der Waals surface area contributed by atoms with Crippen molar-refractivity contribution < 1.29 is 51.7 Å². The van der Waals surface area contributed by atoms with Crippen LogP contribution in [0.2, 0.25) is 0 Å². The fraction of sp³-hybridized carbons (Fsp3) is 0.477. The quantitative estimate of drug-likeness (QED) is 0.0821. The first kappa shape index (κ1) is 47.9. The summed E-state index contributed by atoms with van der Waals surface area (Å²) >= 11 is 0. The fourth-order valence-corrected chi connectivity index (χ4v) is 6.21. The Morgan fingerprint density at radius 2 is 1.24 bits per heavy atom. The van der Waals surface area contributed by atoms with E-state index in [0.717, 1.165) is 23.3 Å². The molecule has 0 aliphatic heterocycles. The van der Waals surface area contributed by atoms with Gasteiger partial charge in [-0.15, -0.1) is 13.2 Å². The van der Waals surface area contributed by atoms with Gasteiger partial charge in [0, 0.05) is 6.42 Å². The Balaban J connectivity index is 1.67. The average Bonchev–Trinajstić information content (AvgIpc) is 3.18. The summed E-state index contributed by atoms with van der Waals surface area (Å²) in [7, 11) is 0. The number of halogens is 3. The third kappa shape index (κ3) is 16.8. The number of aliphatic hydroxyl groups excluding tert-OH is 1. The van der Waals surface area contributed by atoms with Crippen molar-refractivity contribution in [2.24, 2.45) is 17.8 Å². The molecule has 322 valence electrons. The van der Waals surface area contributed by atoms with Crippen molar-refractivity contribution in [3.05, 3.63) is 102 Å². The molecule has 3 rings (SSSR count). The van der Waals surface area contributed by atoms with E-state index in [1.165, 1.54) is 12.1 Å². The number of esters is 1. The maximum absolute atomic E-state index is 13.7. The van der Waals surface area contributed by atoms with Gasteiger partial charge in [-0.2, -0.15) is 0 Å². The molecule has 0 fully saturated rings. The van der Waals surface area contributed by atoms with Gasteiger partial charge in [0.2, 0.25) is 23.6 Å². The largest absolute Gasteiger partial charge is 0.573 e. The van der Waals surface area contributed by atoms with Crippen molar-refractivity contribution in [1.29, 1.82) is 0 Å². The second-order valence-corrected chi connectivity index (χ2v) is 15.3. The van der Waals surface area contributed by atoms with Gasteiger partial charge in [0.1, 0.15) is 30.5 Å². The molecule has 0 bridgehead atoms. The van der Waals surface area contributed by atoms with Crippen LogP contribution in [0.3, 0.4) is 0 Å². The molecule has 0 aliphatic rings. The van der Waals surface area contributed by atoms with Gasteiger partial charge in [-0.05, 0) is 59.4 Å². The number of aliphatic hydroxyl groups is 1. The number of carbonyl (C=O) groups excluding carboxylic acids is 5. The molecular formula is C44H57F3N4O8. The molecule has 15 heteroatoms. The zero-order chi connectivity index (χ0) is 43.7. The Kier molecular flexibility index (Phi) is 18.9. The summed E-state index contributed by atoms with van der Waals surface area (Å²) in [4.78, 5) is 66.8. The summed E-state index contributed by atoms with van der Waals surface area (Å²) in [5.74, 6) is -4.46. The van der Waals surface area contributed by atoms with Crippen LogP contribution in [0.1, 0.15) is 77.5 Å². The SMILES string of the molecule is CC[C@H](C)[C@H](NC(=O)CC[C@H](O)[C@H](Cc1ccccc1)NC(=O)[C@@H](NC(=O)Cc1cccc(OC(F)(F)F)c1)C(C)C)C(=O)N[C@H](C(=O)OCc1ccccc1)C(C)C. The molecule has 0 heterocycles. The van der Waals surface area contributed by atoms with Crippen molar-refractivity contribution in [2.45, 2.75) is 117 Å². The van der Waals surface area contributed by atoms with Crippen LogP contribution in [-0.2, 0) is 48.2 Å². The minimum atomic E-state index is -4.90. The third-order valence-electron chi connectivity index (χ3n) is 9.77. The number of benzene rings is 3. The number of ether oxygens (including phenoxy) is 2. The molecule has 3 aromatic carbocycles. The smallest absolute Gasteiger partial charge is 0.459 e. The molecule has 0 saturated heterocycles. The molecule has 0 radical (unpaired) electrons. The van der Waals surface area contributed by atoms with Crippen molar-refractivity contribution in [3.63, 3.8) is 0 Å². The first-order chi connectivity index (χ1) is 27.9. The summed E-state index contributed by atoms with van der Waals surface area (Å²) in [6.45, 7) is 10.7. The van der Waals surface area contributed by atoms with Crippen LogP contribution in [-0.4, -0.2) is 71.3 Å². The zero-order valence-corrected chi connectivity index (χ0v) is 34.4. The molecule has 0 aromatic heterocycles. The van der Waals surface area contributed by atoms with E-state index in [1.807, 2.05) is 55.5 Å².